The van der Waals surface area contributed by atoms with Crippen molar-refractivity contribution in [2.75, 3.05) is 6.61 Å². The van der Waals surface area contributed by atoms with E-state index < -0.39 is 0 Å². The molecule has 2 heteroatoms. The minimum Gasteiger partial charge on any atom is -0.375 e. The molecule has 0 aromatic heterocycles. The third kappa shape index (κ3) is 0.801. The fraction of sp³-hybridized carbons (Fsp3) is 0.600. The molecule has 88 valence electrons. The van der Waals surface area contributed by atoms with E-state index in [2.05, 4.69) is 12.1 Å². The van der Waals surface area contributed by atoms with Crippen LogP contribution < -0.4 is 5.73 Å². The Morgan fingerprint density at radius 3 is 2.88 bits per heavy atom. The second kappa shape index (κ2) is 2.45. The molecule has 1 heterocycles. The van der Waals surface area contributed by atoms with Crippen molar-refractivity contribution < 1.29 is 4.74 Å². The molecule has 0 radical (unpaired) electrons. The summed E-state index contributed by atoms with van der Waals surface area (Å²) in [4.78, 5) is 0. The van der Waals surface area contributed by atoms with Crippen LogP contribution in [0.1, 0.15) is 54.0 Å². The number of hydrogen-bond donors (Lipinski definition) is 1. The Balaban J connectivity index is 1.85. The fourth-order valence-corrected chi connectivity index (χ4v) is 5.31. The van der Waals surface area contributed by atoms with E-state index in [1.165, 1.54) is 36.8 Å². The van der Waals surface area contributed by atoms with Crippen LogP contribution in [0.25, 0.3) is 0 Å². The molecule has 0 amide bonds. The SMILES string of the molecule is N[C@H]1COCc2ccc3c(c21)C12CCC3(C1)C2. The van der Waals surface area contributed by atoms with Crippen molar-refractivity contribution in [3.05, 3.63) is 34.4 Å². The van der Waals surface area contributed by atoms with Crippen molar-refractivity contribution >= 4 is 0 Å². The van der Waals surface area contributed by atoms with E-state index in [0.29, 0.717) is 17.4 Å². The molecule has 5 aliphatic carbocycles. The van der Waals surface area contributed by atoms with E-state index in [1.807, 2.05) is 0 Å². The molecule has 6 aliphatic rings. The summed E-state index contributed by atoms with van der Waals surface area (Å²) < 4.78 is 5.57. The molecule has 1 atom stereocenters. The highest BCUT2D eigenvalue weighted by Gasteiger charge is 2.69. The Hall–Kier alpha value is -0.860. The van der Waals surface area contributed by atoms with E-state index in [1.54, 1.807) is 11.1 Å². The molecule has 2 N–H and O–H groups in total. The van der Waals surface area contributed by atoms with Crippen molar-refractivity contribution in [3.8, 4) is 0 Å². The van der Waals surface area contributed by atoms with Gasteiger partial charge in [0, 0.05) is 0 Å². The lowest BCUT2D eigenvalue weighted by molar-refractivity contribution is 0.0913. The zero-order valence-electron chi connectivity index (χ0n) is 9.96. The molecule has 3 saturated carbocycles. The topological polar surface area (TPSA) is 35.2 Å². The van der Waals surface area contributed by atoms with Gasteiger partial charge in [-0.15, -0.1) is 0 Å². The normalized spacial score (nSPS) is 44.2. The summed E-state index contributed by atoms with van der Waals surface area (Å²) in [6.07, 6.45) is 5.66. The number of ether oxygens (including phenoxy) is 1. The van der Waals surface area contributed by atoms with Gasteiger partial charge in [-0.3, -0.25) is 0 Å². The number of fused-ring (bicyclic) bond motifs is 2. The molecule has 17 heavy (non-hydrogen) atoms. The van der Waals surface area contributed by atoms with Crippen LogP contribution in [0.15, 0.2) is 12.1 Å². The highest BCUT2D eigenvalue weighted by Crippen LogP contribution is 2.76. The minimum absolute atomic E-state index is 0.111. The minimum atomic E-state index is 0.111. The number of benzene rings is 1. The second-order valence-electron chi connectivity index (χ2n) is 6.60. The van der Waals surface area contributed by atoms with Crippen LogP contribution >= 0.6 is 0 Å². The highest BCUT2D eigenvalue weighted by molar-refractivity contribution is 5.62. The summed E-state index contributed by atoms with van der Waals surface area (Å²) >= 11 is 0. The largest absolute Gasteiger partial charge is 0.375 e. The summed E-state index contributed by atoms with van der Waals surface area (Å²) in [5.74, 6) is 0. The van der Waals surface area contributed by atoms with Crippen LogP contribution in [0.3, 0.4) is 0 Å². The standard InChI is InChI=1S/C15H17NO/c16-11-6-17-5-9-1-2-10-13(12(9)11)15-4-3-14(10,7-15)8-15/h1-2,11H,3-8,16H2/t11-,14?,15?/m0/s1. The Morgan fingerprint density at radius 1 is 1.18 bits per heavy atom. The molecule has 7 rings (SSSR count). The van der Waals surface area contributed by atoms with Crippen molar-refractivity contribution in [1.29, 1.82) is 0 Å². The highest BCUT2D eigenvalue weighted by atomic mass is 16.5. The van der Waals surface area contributed by atoms with Crippen LogP contribution in [0.4, 0.5) is 0 Å². The maximum Gasteiger partial charge on any atom is 0.0721 e. The molecule has 0 saturated heterocycles. The first-order chi connectivity index (χ1) is 8.24. The third-order valence-electron chi connectivity index (χ3n) is 5.80. The first-order valence-corrected chi connectivity index (χ1v) is 6.74. The average Bonchev–Trinajstić information content (AvgIpc) is 2.97. The van der Waals surface area contributed by atoms with Gasteiger partial charge in [-0.2, -0.15) is 0 Å². The van der Waals surface area contributed by atoms with Gasteiger partial charge >= 0.3 is 0 Å². The van der Waals surface area contributed by atoms with Crippen LogP contribution in [0.5, 0.6) is 0 Å². The lowest BCUT2D eigenvalue weighted by Crippen LogP contribution is -2.35. The summed E-state index contributed by atoms with van der Waals surface area (Å²) in [5.41, 5.74) is 13.5. The summed E-state index contributed by atoms with van der Waals surface area (Å²) in [6.45, 7) is 1.46. The van der Waals surface area contributed by atoms with Crippen molar-refractivity contribution in [2.24, 2.45) is 5.73 Å². The lowest BCUT2D eigenvalue weighted by Gasteiger charge is -2.38. The first-order valence-electron chi connectivity index (χ1n) is 6.74. The van der Waals surface area contributed by atoms with Crippen molar-refractivity contribution in [2.45, 2.75) is 49.2 Å². The first kappa shape index (κ1) is 9.12. The van der Waals surface area contributed by atoms with Gasteiger partial charge in [-0.1, -0.05) is 12.1 Å². The zero-order chi connectivity index (χ0) is 11.3. The van der Waals surface area contributed by atoms with Gasteiger partial charge in [0.05, 0.1) is 19.3 Å². The number of nitrogens with two attached hydrogens (primary N) is 1. The molecule has 2 nitrogen and oxygen atoms in total. The van der Waals surface area contributed by atoms with Gasteiger partial charge in [0.1, 0.15) is 0 Å². The maximum atomic E-state index is 6.30. The molecule has 0 spiro atoms. The lowest BCUT2D eigenvalue weighted by atomic mass is 9.66. The molecule has 1 aromatic rings. The van der Waals surface area contributed by atoms with Gasteiger partial charge in [0.25, 0.3) is 0 Å². The van der Waals surface area contributed by atoms with Gasteiger partial charge in [-0.25, -0.2) is 0 Å². The molecular formula is C15H17NO. The third-order valence-corrected chi connectivity index (χ3v) is 5.80. The summed E-state index contributed by atoms with van der Waals surface area (Å²) in [7, 11) is 0. The Bertz CT molecular complexity index is 542. The van der Waals surface area contributed by atoms with Crippen LogP contribution in [0, 0.1) is 0 Å². The number of hydrogen-bond acceptors (Lipinski definition) is 2. The Morgan fingerprint density at radius 2 is 2.00 bits per heavy atom. The quantitative estimate of drug-likeness (QED) is 0.738. The molecule has 1 aromatic carbocycles. The smallest absolute Gasteiger partial charge is 0.0721 e. The fourth-order valence-electron chi connectivity index (χ4n) is 5.31. The van der Waals surface area contributed by atoms with Crippen LogP contribution in [-0.2, 0) is 22.2 Å². The zero-order valence-corrected chi connectivity index (χ0v) is 9.96. The van der Waals surface area contributed by atoms with Crippen molar-refractivity contribution in [3.63, 3.8) is 0 Å². The second-order valence-corrected chi connectivity index (χ2v) is 6.60. The maximum absolute atomic E-state index is 6.30. The molecule has 0 unspecified atom stereocenters. The summed E-state index contributed by atoms with van der Waals surface area (Å²) in [5, 5.41) is 0. The van der Waals surface area contributed by atoms with Crippen LogP contribution in [-0.4, -0.2) is 6.61 Å². The van der Waals surface area contributed by atoms with Crippen molar-refractivity contribution in [1.82, 2.24) is 0 Å². The summed E-state index contributed by atoms with van der Waals surface area (Å²) in [6, 6.07) is 4.76. The average molecular weight is 227 g/mol. The van der Waals surface area contributed by atoms with Gasteiger partial charge in [0.2, 0.25) is 0 Å². The predicted octanol–water partition coefficient (Wildman–Crippen LogP) is 2.29. The van der Waals surface area contributed by atoms with Gasteiger partial charge in [-0.05, 0) is 58.8 Å². The van der Waals surface area contributed by atoms with Gasteiger partial charge in [0.15, 0.2) is 0 Å². The van der Waals surface area contributed by atoms with E-state index in [-0.39, 0.29) is 6.04 Å². The van der Waals surface area contributed by atoms with E-state index in [9.17, 15) is 0 Å². The van der Waals surface area contributed by atoms with Crippen LogP contribution in [0.2, 0.25) is 0 Å². The van der Waals surface area contributed by atoms with Gasteiger partial charge < -0.3 is 10.5 Å². The van der Waals surface area contributed by atoms with E-state index in [0.717, 1.165) is 6.61 Å². The molecule has 1 aliphatic heterocycles. The Kier molecular flexibility index (Phi) is 1.32. The predicted molar refractivity (Wildman–Crippen MR) is 64.9 cm³/mol. The molecule has 3 fully saturated rings. The van der Waals surface area contributed by atoms with E-state index >= 15 is 0 Å². The Labute approximate surface area is 101 Å². The molecule has 2 bridgehead atoms. The monoisotopic (exact) mass is 227 g/mol. The molecular weight excluding hydrogens is 210 g/mol. The number of rotatable bonds is 0. The van der Waals surface area contributed by atoms with E-state index in [4.69, 9.17) is 10.5 Å².